The largest absolute Gasteiger partial charge is 0.593 e. The van der Waals surface area contributed by atoms with E-state index in [1.165, 1.54) is 19.4 Å². The van der Waals surface area contributed by atoms with Crippen LogP contribution in [0.4, 0.5) is 17.1 Å². The Kier molecular flexibility index (Phi) is 6.44. The molecule has 2 aromatic carbocycles. The van der Waals surface area contributed by atoms with E-state index in [0.29, 0.717) is 32.1 Å². The fourth-order valence-corrected chi connectivity index (χ4v) is 4.60. The summed E-state index contributed by atoms with van der Waals surface area (Å²) < 4.78 is 20.6. The zero-order chi connectivity index (χ0) is 22.9. The first kappa shape index (κ1) is 22.9. The Balaban J connectivity index is 2.05. The zero-order valence-corrected chi connectivity index (χ0v) is 19.4. The number of nitrogens with one attached hydrogen (secondary N) is 2. The first-order valence-electron chi connectivity index (χ1n) is 9.32. The van der Waals surface area contributed by atoms with E-state index in [1.807, 2.05) is 32.9 Å². The molecule has 3 aromatic rings. The van der Waals surface area contributed by atoms with E-state index in [-0.39, 0.29) is 11.1 Å². The standard InChI is InChI=1S/C21H23N3O5S2/c1-21(2,3)13-10-14(18(29-4)15(11-13)23-31(5)28)22-20(25)17-9-12-7-6-8-16(24(26)27)19(12)30-17/h6-11,23H,1-5H3,(H,22,25). The average Bonchev–Trinajstić information content (AvgIpc) is 3.10. The number of thiophene rings is 1. The maximum atomic E-state index is 13.0. The average molecular weight is 462 g/mol. The fourth-order valence-electron chi connectivity index (χ4n) is 3.09. The number of anilines is 2. The Labute approximate surface area is 187 Å². The van der Waals surface area contributed by atoms with Gasteiger partial charge in [0.15, 0.2) is 5.75 Å². The lowest BCUT2D eigenvalue weighted by molar-refractivity contribution is -0.382. The highest BCUT2D eigenvalue weighted by Gasteiger charge is 2.24. The number of rotatable bonds is 6. The van der Waals surface area contributed by atoms with Crippen molar-refractivity contribution in [3.8, 4) is 5.75 Å². The van der Waals surface area contributed by atoms with Crippen LogP contribution in [-0.2, 0) is 16.8 Å². The number of nitro benzene ring substituents is 1. The molecular formula is C21H23N3O5S2. The number of methoxy groups -OCH3 is 1. The minimum atomic E-state index is -1.34. The van der Waals surface area contributed by atoms with Crippen LogP contribution in [0.25, 0.3) is 10.1 Å². The van der Waals surface area contributed by atoms with Crippen LogP contribution in [0.1, 0.15) is 36.0 Å². The van der Waals surface area contributed by atoms with Gasteiger partial charge < -0.3 is 14.6 Å². The lowest BCUT2D eigenvalue weighted by Crippen LogP contribution is -2.18. The van der Waals surface area contributed by atoms with E-state index in [9.17, 15) is 19.5 Å². The van der Waals surface area contributed by atoms with Crippen LogP contribution in [0.5, 0.6) is 5.75 Å². The van der Waals surface area contributed by atoms with Gasteiger partial charge in [-0.25, -0.2) is 4.72 Å². The van der Waals surface area contributed by atoms with Gasteiger partial charge in [-0.2, -0.15) is 0 Å². The van der Waals surface area contributed by atoms with E-state index < -0.39 is 22.2 Å². The third kappa shape index (κ3) is 4.92. The molecule has 31 heavy (non-hydrogen) atoms. The number of ether oxygens (including phenoxy) is 1. The molecule has 0 bridgehead atoms. The molecule has 164 valence electrons. The van der Waals surface area contributed by atoms with Gasteiger partial charge >= 0.3 is 0 Å². The quantitative estimate of drug-likeness (QED) is 0.301. The molecule has 0 radical (unpaired) electrons. The van der Waals surface area contributed by atoms with E-state index in [2.05, 4.69) is 10.0 Å². The topological polar surface area (TPSA) is 117 Å². The molecule has 0 saturated carbocycles. The molecule has 0 aliphatic heterocycles. The normalized spacial score (nSPS) is 12.5. The van der Waals surface area contributed by atoms with Gasteiger partial charge in [0.25, 0.3) is 11.6 Å². The van der Waals surface area contributed by atoms with Crippen LogP contribution in [0.15, 0.2) is 36.4 Å². The summed E-state index contributed by atoms with van der Waals surface area (Å²) in [4.78, 5) is 24.2. The summed E-state index contributed by atoms with van der Waals surface area (Å²) in [5.74, 6) is -0.0629. The molecule has 1 heterocycles. The number of amides is 1. The highest BCUT2D eigenvalue weighted by molar-refractivity contribution is 7.92. The van der Waals surface area contributed by atoms with E-state index in [4.69, 9.17) is 4.74 Å². The maximum Gasteiger partial charge on any atom is 0.287 e. The predicted molar refractivity (Wildman–Crippen MR) is 126 cm³/mol. The summed E-state index contributed by atoms with van der Waals surface area (Å²) in [6.45, 7) is 6.08. The molecule has 3 rings (SSSR count). The van der Waals surface area contributed by atoms with Gasteiger partial charge in [0.2, 0.25) is 0 Å². The van der Waals surface area contributed by atoms with E-state index >= 15 is 0 Å². The molecule has 10 heteroatoms. The Morgan fingerprint density at radius 3 is 2.45 bits per heavy atom. The first-order chi connectivity index (χ1) is 14.5. The molecule has 1 unspecified atom stereocenters. The summed E-state index contributed by atoms with van der Waals surface area (Å²) >= 11 is -0.284. The number of non-ortho nitro benzene ring substituents is 1. The molecule has 0 aliphatic carbocycles. The van der Waals surface area contributed by atoms with Crippen LogP contribution < -0.4 is 14.8 Å². The molecule has 0 saturated heterocycles. The van der Waals surface area contributed by atoms with Crippen molar-refractivity contribution in [1.82, 2.24) is 0 Å². The molecule has 1 atom stereocenters. The van der Waals surface area contributed by atoms with Crippen LogP contribution in [0.2, 0.25) is 0 Å². The maximum absolute atomic E-state index is 13.0. The van der Waals surface area contributed by atoms with Crippen molar-refractivity contribution in [2.75, 3.05) is 23.4 Å². The third-order valence-electron chi connectivity index (χ3n) is 4.60. The molecule has 0 fully saturated rings. The van der Waals surface area contributed by atoms with Crippen LogP contribution >= 0.6 is 11.3 Å². The molecular weight excluding hydrogens is 438 g/mol. The van der Waals surface area contributed by atoms with Crippen molar-refractivity contribution in [3.05, 3.63) is 57.0 Å². The van der Waals surface area contributed by atoms with Gasteiger partial charge in [-0.05, 0) is 29.2 Å². The van der Waals surface area contributed by atoms with Crippen molar-refractivity contribution in [3.63, 3.8) is 0 Å². The Morgan fingerprint density at radius 1 is 1.19 bits per heavy atom. The van der Waals surface area contributed by atoms with Crippen molar-refractivity contribution in [2.45, 2.75) is 26.2 Å². The number of hydrogen-bond acceptors (Lipinski definition) is 7. The minimum Gasteiger partial charge on any atom is -0.593 e. The molecule has 1 aromatic heterocycles. The lowest BCUT2D eigenvalue weighted by Gasteiger charge is -2.23. The van der Waals surface area contributed by atoms with Gasteiger partial charge in [-0.1, -0.05) is 32.9 Å². The first-order valence-corrected chi connectivity index (χ1v) is 11.7. The van der Waals surface area contributed by atoms with E-state index in [1.54, 1.807) is 18.2 Å². The molecule has 1 amide bonds. The number of benzene rings is 2. The highest BCUT2D eigenvalue weighted by Crippen LogP contribution is 2.40. The molecule has 8 nitrogen and oxygen atoms in total. The minimum absolute atomic E-state index is 0.0363. The number of hydrogen-bond donors (Lipinski definition) is 2. The number of nitrogens with zero attached hydrogens (tertiary/aromatic N) is 1. The molecule has 0 aliphatic rings. The van der Waals surface area contributed by atoms with Crippen molar-refractivity contribution >= 4 is 55.8 Å². The number of fused-ring (bicyclic) bond motifs is 1. The van der Waals surface area contributed by atoms with E-state index in [0.717, 1.165) is 16.9 Å². The Hall–Kier alpha value is -2.82. The number of carbonyl (C=O) groups is 1. The highest BCUT2D eigenvalue weighted by atomic mass is 32.2. The second kappa shape index (κ2) is 8.74. The summed E-state index contributed by atoms with van der Waals surface area (Å²) in [7, 11) is 1.47. The summed E-state index contributed by atoms with van der Waals surface area (Å²) in [6.07, 6.45) is 1.51. The Morgan fingerprint density at radius 2 is 1.87 bits per heavy atom. The van der Waals surface area contributed by atoms with Crippen LogP contribution in [0.3, 0.4) is 0 Å². The van der Waals surface area contributed by atoms with Crippen LogP contribution in [0, 0.1) is 10.1 Å². The van der Waals surface area contributed by atoms with Gasteiger partial charge in [0.05, 0.1) is 34.0 Å². The molecule has 2 N–H and O–H groups in total. The third-order valence-corrected chi connectivity index (χ3v) is 6.28. The van der Waals surface area contributed by atoms with Crippen molar-refractivity contribution < 1.29 is 19.0 Å². The summed E-state index contributed by atoms with van der Waals surface area (Å²) in [5, 5.41) is 14.8. The fraction of sp³-hybridized carbons (Fsp3) is 0.286. The molecule has 0 spiro atoms. The SMILES string of the molecule is COc1c(NC(=O)c2cc3cccc([N+](=O)[O-])c3s2)cc(C(C)(C)C)cc1N[S+](C)[O-]. The van der Waals surface area contributed by atoms with Crippen molar-refractivity contribution in [2.24, 2.45) is 0 Å². The van der Waals surface area contributed by atoms with Crippen molar-refractivity contribution in [1.29, 1.82) is 0 Å². The predicted octanol–water partition coefficient (Wildman–Crippen LogP) is 5.07. The van der Waals surface area contributed by atoms with Gasteiger partial charge in [0, 0.05) is 11.5 Å². The Bertz CT molecular complexity index is 1150. The van der Waals surface area contributed by atoms with Gasteiger partial charge in [-0.15, -0.1) is 11.3 Å². The summed E-state index contributed by atoms with van der Waals surface area (Å²) in [6, 6.07) is 10.0. The number of carbonyl (C=O) groups excluding carboxylic acids is 1. The lowest BCUT2D eigenvalue weighted by atomic mass is 9.86. The van der Waals surface area contributed by atoms with Gasteiger partial charge in [0.1, 0.15) is 16.6 Å². The smallest absolute Gasteiger partial charge is 0.287 e. The van der Waals surface area contributed by atoms with Gasteiger partial charge in [-0.3, -0.25) is 14.9 Å². The number of nitro groups is 1. The zero-order valence-electron chi connectivity index (χ0n) is 17.8. The second-order valence-corrected chi connectivity index (χ2v) is 10.1. The summed E-state index contributed by atoms with van der Waals surface area (Å²) in [5.41, 5.74) is 1.54. The monoisotopic (exact) mass is 461 g/mol. The van der Waals surface area contributed by atoms with Crippen LogP contribution in [-0.4, -0.2) is 28.7 Å². The second-order valence-electron chi connectivity index (χ2n) is 7.93.